The number of aliphatic carboxylic acids is 1. The van der Waals surface area contributed by atoms with E-state index >= 15 is 0 Å². The van der Waals surface area contributed by atoms with Crippen molar-refractivity contribution in [2.45, 2.75) is 45.6 Å². The molecule has 2 N–H and O–H groups in total. The Morgan fingerprint density at radius 2 is 2.22 bits per heavy atom. The number of likely N-dealkylation sites (tertiary alicyclic amines) is 1. The van der Waals surface area contributed by atoms with Crippen LogP contribution in [0, 0.1) is 5.92 Å². The van der Waals surface area contributed by atoms with E-state index < -0.39 is 5.97 Å². The van der Waals surface area contributed by atoms with E-state index in [2.05, 4.69) is 12.2 Å². The molecule has 1 saturated heterocycles. The van der Waals surface area contributed by atoms with Crippen LogP contribution in [0.4, 0.5) is 0 Å². The fourth-order valence-electron chi connectivity index (χ4n) is 2.47. The van der Waals surface area contributed by atoms with E-state index in [1.807, 2.05) is 11.8 Å². The van der Waals surface area contributed by atoms with E-state index in [1.54, 1.807) is 0 Å². The van der Waals surface area contributed by atoms with Gasteiger partial charge in [-0.1, -0.05) is 13.3 Å². The Morgan fingerprint density at radius 1 is 1.50 bits per heavy atom. The highest BCUT2D eigenvalue weighted by molar-refractivity contribution is 5.79. The molecule has 0 aromatic rings. The molecule has 0 aliphatic carbocycles. The van der Waals surface area contributed by atoms with Crippen molar-refractivity contribution in [2.75, 3.05) is 19.6 Å². The number of amides is 1. The quantitative estimate of drug-likeness (QED) is 0.746. The maximum absolute atomic E-state index is 12.0. The lowest BCUT2D eigenvalue weighted by molar-refractivity contribution is -0.140. The van der Waals surface area contributed by atoms with Crippen molar-refractivity contribution in [3.05, 3.63) is 0 Å². The van der Waals surface area contributed by atoms with Crippen LogP contribution in [0.3, 0.4) is 0 Å². The predicted octanol–water partition coefficient (Wildman–Crippen LogP) is 1.09. The first-order chi connectivity index (χ1) is 8.52. The van der Waals surface area contributed by atoms with E-state index in [0.29, 0.717) is 6.54 Å². The molecular formula is C13H24N2O3. The zero-order valence-corrected chi connectivity index (χ0v) is 11.3. The van der Waals surface area contributed by atoms with Crippen molar-refractivity contribution < 1.29 is 14.7 Å². The van der Waals surface area contributed by atoms with Gasteiger partial charge in [0.15, 0.2) is 0 Å². The number of carboxylic acids is 1. The molecule has 5 heteroatoms. The number of rotatable bonds is 6. The Hall–Kier alpha value is -1.10. The standard InChI is InChI=1S/C13H24N2O3/c1-3-5-10(2)14-13(18)11-6-4-7-15(8-11)9-12(16)17/h10-11H,3-9H2,1-2H3,(H,14,18)(H,16,17)/t10-,11+/m1/s1. The first-order valence-electron chi connectivity index (χ1n) is 6.77. The van der Waals surface area contributed by atoms with Gasteiger partial charge in [-0.05, 0) is 32.7 Å². The van der Waals surface area contributed by atoms with E-state index in [1.165, 1.54) is 0 Å². The molecule has 0 aromatic carbocycles. The third-order valence-corrected chi connectivity index (χ3v) is 3.35. The molecular weight excluding hydrogens is 232 g/mol. The Morgan fingerprint density at radius 3 is 2.83 bits per heavy atom. The number of hydrogen-bond acceptors (Lipinski definition) is 3. The van der Waals surface area contributed by atoms with Gasteiger partial charge in [0.2, 0.25) is 5.91 Å². The summed E-state index contributed by atoms with van der Waals surface area (Å²) < 4.78 is 0. The highest BCUT2D eigenvalue weighted by Crippen LogP contribution is 2.16. The van der Waals surface area contributed by atoms with Crippen LogP contribution in [-0.2, 0) is 9.59 Å². The summed E-state index contributed by atoms with van der Waals surface area (Å²) in [5.74, 6) is -0.807. The number of carbonyl (C=O) groups excluding carboxylic acids is 1. The van der Waals surface area contributed by atoms with Crippen LogP contribution < -0.4 is 5.32 Å². The number of hydrogen-bond donors (Lipinski definition) is 2. The third kappa shape index (κ3) is 5.04. The van der Waals surface area contributed by atoms with Crippen molar-refractivity contribution in [2.24, 2.45) is 5.92 Å². The normalized spacial score (nSPS) is 22.4. The van der Waals surface area contributed by atoms with E-state index in [0.717, 1.165) is 32.2 Å². The zero-order chi connectivity index (χ0) is 13.5. The summed E-state index contributed by atoms with van der Waals surface area (Å²) in [6.45, 7) is 5.49. The Balaban J connectivity index is 2.40. The molecule has 0 aromatic heterocycles. The summed E-state index contributed by atoms with van der Waals surface area (Å²) in [5, 5.41) is 11.8. The van der Waals surface area contributed by atoms with Gasteiger partial charge in [-0.25, -0.2) is 0 Å². The number of nitrogens with zero attached hydrogens (tertiary/aromatic N) is 1. The Kier molecular flexibility index (Phi) is 6.12. The van der Waals surface area contributed by atoms with Crippen LogP contribution in [0.25, 0.3) is 0 Å². The molecule has 0 bridgehead atoms. The van der Waals surface area contributed by atoms with Crippen LogP contribution in [0.15, 0.2) is 0 Å². The zero-order valence-electron chi connectivity index (χ0n) is 11.3. The second-order valence-electron chi connectivity index (χ2n) is 5.17. The molecule has 0 unspecified atom stereocenters. The van der Waals surface area contributed by atoms with Gasteiger partial charge in [-0.2, -0.15) is 0 Å². The molecule has 1 aliphatic rings. The summed E-state index contributed by atoms with van der Waals surface area (Å²) in [6.07, 6.45) is 3.79. The van der Waals surface area contributed by atoms with Gasteiger partial charge in [0.25, 0.3) is 0 Å². The average Bonchev–Trinajstić information content (AvgIpc) is 2.28. The van der Waals surface area contributed by atoms with Gasteiger partial charge in [0.05, 0.1) is 12.5 Å². The molecule has 0 saturated carbocycles. The van der Waals surface area contributed by atoms with Gasteiger partial charge in [0.1, 0.15) is 0 Å². The molecule has 2 atom stereocenters. The second kappa shape index (κ2) is 7.36. The highest BCUT2D eigenvalue weighted by Gasteiger charge is 2.27. The van der Waals surface area contributed by atoms with Gasteiger partial charge >= 0.3 is 5.97 Å². The Labute approximate surface area is 109 Å². The smallest absolute Gasteiger partial charge is 0.317 e. The maximum atomic E-state index is 12.0. The number of carboxylic acid groups (broad SMARTS) is 1. The van der Waals surface area contributed by atoms with Gasteiger partial charge in [-0.15, -0.1) is 0 Å². The SMILES string of the molecule is CCC[C@@H](C)NC(=O)[C@H]1CCCN(CC(=O)O)C1. The molecule has 1 fully saturated rings. The van der Waals surface area contributed by atoms with E-state index in [-0.39, 0.29) is 24.4 Å². The molecule has 1 aliphatic heterocycles. The molecule has 1 heterocycles. The molecule has 1 rings (SSSR count). The van der Waals surface area contributed by atoms with Crippen LogP contribution in [0.2, 0.25) is 0 Å². The predicted molar refractivity (Wildman–Crippen MR) is 69.3 cm³/mol. The first-order valence-corrected chi connectivity index (χ1v) is 6.77. The van der Waals surface area contributed by atoms with E-state index in [4.69, 9.17) is 5.11 Å². The fourth-order valence-corrected chi connectivity index (χ4v) is 2.47. The monoisotopic (exact) mass is 256 g/mol. The lowest BCUT2D eigenvalue weighted by Gasteiger charge is -2.31. The van der Waals surface area contributed by atoms with Crippen LogP contribution >= 0.6 is 0 Å². The van der Waals surface area contributed by atoms with Crippen LogP contribution in [-0.4, -0.2) is 47.6 Å². The summed E-state index contributed by atoms with van der Waals surface area (Å²) >= 11 is 0. The van der Waals surface area contributed by atoms with Gasteiger partial charge in [-0.3, -0.25) is 14.5 Å². The highest BCUT2D eigenvalue weighted by atomic mass is 16.4. The lowest BCUT2D eigenvalue weighted by atomic mass is 9.96. The second-order valence-corrected chi connectivity index (χ2v) is 5.17. The summed E-state index contributed by atoms with van der Waals surface area (Å²) in [7, 11) is 0. The van der Waals surface area contributed by atoms with Gasteiger partial charge < -0.3 is 10.4 Å². The van der Waals surface area contributed by atoms with E-state index in [9.17, 15) is 9.59 Å². The molecule has 104 valence electrons. The van der Waals surface area contributed by atoms with Crippen molar-refractivity contribution in [1.82, 2.24) is 10.2 Å². The largest absolute Gasteiger partial charge is 0.480 e. The average molecular weight is 256 g/mol. The minimum atomic E-state index is -0.824. The number of carbonyl (C=O) groups is 2. The van der Waals surface area contributed by atoms with Crippen molar-refractivity contribution in [3.63, 3.8) is 0 Å². The first kappa shape index (κ1) is 15.0. The molecule has 0 spiro atoms. The van der Waals surface area contributed by atoms with Crippen molar-refractivity contribution in [1.29, 1.82) is 0 Å². The molecule has 1 amide bonds. The van der Waals surface area contributed by atoms with Gasteiger partial charge in [0, 0.05) is 12.6 Å². The minimum Gasteiger partial charge on any atom is -0.480 e. The molecule has 18 heavy (non-hydrogen) atoms. The lowest BCUT2D eigenvalue weighted by Crippen LogP contribution is -2.46. The minimum absolute atomic E-state index is 0.0360. The summed E-state index contributed by atoms with van der Waals surface area (Å²) in [4.78, 5) is 24.5. The maximum Gasteiger partial charge on any atom is 0.317 e. The van der Waals surface area contributed by atoms with Crippen LogP contribution in [0.5, 0.6) is 0 Å². The fraction of sp³-hybridized carbons (Fsp3) is 0.846. The molecule has 0 radical (unpaired) electrons. The van der Waals surface area contributed by atoms with Crippen LogP contribution in [0.1, 0.15) is 39.5 Å². The topological polar surface area (TPSA) is 69.6 Å². The number of nitrogens with one attached hydrogen (secondary N) is 1. The Bertz CT molecular complexity index is 294. The third-order valence-electron chi connectivity index (χ3n) is 3.35. The summed E-state index contributed by atoms with van der Waals surface area (Å²) in [6, 6.07) is 0.206. The van der Waals surface area contributed by atoms with Crippen molar-refractivity contribution >= 4 is 11.9 Å². The van der Waals surface area contributed by atoms with Crippen molar-refractivity contribution in [3.8, 4) is 0 Å². The number of piperidine rings is 1. The summed E-state index contributed by atoms with van der Waals surface area (Å²) in [5.41, 5.74) is 0. The molecule has 5 nitrogen and oxygen atoms in total.